The number of benzene rings is 1. The fourth-order valence-electron chi connectivity index (χ4n) is 3.64. The molecule has 9 heteroatoms. The van der Waals surface area contributed by atoms with E-state index in [0.717, 1.165) is 0 Å². The van der Waals surface area contributed by atoms with Gasteiger partial charge in [0.25, 0.3) is 5.56 Å². The van der Waals surface area contributed by atoms with Crippen LogP contribution in [0.1, 0.15) is 43.6 Å². The normalized spacial score (nSPS) is 14.4. The lowest BCUT2D eigenvalue weighted by Gasteiger charge is -2.36. The molecule has 1 aromatic carbocycles. The van der Waals surface area contributed by atoms with E-state index in [2.05, 4.69) is 4.98 Å². The first-order valence-electron chi connectivity index (χ1n) is 10.5. The van der Waals surface area contributed by atoms with Crippen LogP contribution in [0, 0.1) is 5.82 Å². The predicted molar refractivity (Wildman–Crippen MR) is 119 cm³/mol. The first-order valence-corrected chi connectivity index (χ1v) is 10.5. The Morgan fingerprint density at radius 1 is 1.16 bits per heavy atom. The summed E-state index contributed by atoms with van der Waals surface area (Å²) < 4.78 is 20.4. The number of nitrogens with zero attached hydrogens (tertiary/aromatic N) is 2. The Bertz CT molecular complexity index is 1080. The highest BCUT2D eigenvalue weighted by molar-refractivity contribution is 5.88. The number of aromatic nitrogens is 1. The lowest BCUT2D eigenvalue weighted by molar-refractivity contribution is 0.0240. The van der Waals surface area contributed by atoms with Gasteiger partial charge in [-0.3, -0.25) is 4.79 Å². The van der Waals surface area contributed by atoms with Gasteiger partial charge in [0.15, 0.2) is 0 Å². The maximum absolute atomic E-state index is 15.0. The Morgan fingerprint density at radius 3 is 2.34 bits per heavy atom. The van der Waals surface area contributed by atoms with E-state index in [0.29, 0.717) is 55.1 Å². The van der Waals surface area contributed by atoms with Gasteiger partial charge in [-0.25, -0.2) is 14.0 Å². The van der Waals surface area contributed by atoms with E-state index in [1.54, 1.807) is 17.0 Å². The number of hydrogen-bond acceptors (Lipinski definition) is 5. The molecule has 2 N–H and O–H groups in total. The van der Waals surface area contributed by atoms with Crippen LogP contribution in [-0.2, 0) is 11.2 Å². The molecule has 32 heavy (non-hydrogen) atoms. The summed E-state index contributed by atoms with van der Waals surface area (Å²) in [5, 5.41) is 9.16. The van der Waals surface area contributed by atoms with Gasteiger partial charge >= 0.3 is 12.1 Å². The van der Waals surface area contributed by atoms with E-state index in [4.69, 9.17) is 9.84 Å². The number of halogens is 1. The largest absolute Gasteiger partial charge is 0.477 e. The molecule has 1 amide bonds. The number of rotatable bonds is 4. The van der Waals surface area contributed by atoms with E-state index in [-0.39, 0.29) is 11.7 Å². The Balaban J connectivity index is 1.79. The van der Waals surface area contributed by atoms with E-state index >= 15 is 4.39 Å². The van der Waals surface area contributed by atoms with Crippen molar-refractivity contribution in [2.45, 2.75) is 39.7 Å². The van der Waals surface area contributed by atoms with Crippen LogP contribution < -0.4 is 10.5 Å². The summed E-state index contributed by atoms with van der Waals surface area (Å²) in [5.74, 6) is -1.77. The number of piperazine rings is 1. The number of H-pyrrole nitrogens is 1. The maximum atomic E-state index is 15.0. The molecular weight excluding hydrogens is 417 g/mol. The lowest BCUT2D eigenvalue weighted by atomic mass is 10.0. The minimum Gasteiger partial charge on any atom is -0.477 e. The topological polar surface area (TPSA) is 103 Å². The van der Waals surface area contributed by atoms with E-state index in [1.807, 2.05) is 32.6 Å². The van der Waals surface area contributed by atoms with Crippen molar-refractivity contribution < 1.29 is 23.8 Å². The number of carbonyl (C=O) groups is 2. The number of aromatic carboxylic acids is 1. The highest BCUT2D eigenvalue weighted by atomic mass is 19.1. The van der Waals surface area contributed by atoms with E-state index in [1.165, 1.54) is 12.1 Å². The zero-order valence-corrected chi connectivity index (χ0v) is 18.7. The molecule has 2 heterocycles. The summed E-state index contributed by atoms with van der Waals surface area (Å²) in [6.07, 6.45) is 0.0939. The SMILES string of the molecule is CCc1cc(C(=O)O)c(=O)[nH]c1-c1ccc(N2CCN(C(=O)OC(C)(C)C)CC2)c(F)c1. The molecule has 1 aliphatic heterocycles. The molecule has 8 nitrogen and oxygen atoms in total. The van der Waals surface area contributed by atoms with Gasteiger partial charge < -0.3 is 24.6 Å². The molecule has 0 bridgehead atoms. The van der Waals surface area contributed by atoms with Crippen LogP contribution in [0.2, 0.25) is 0 Å². The molecule has 2 aromatic rings. The average molecular weight is 445 g/mol. The summed E-state index contributed by atoms with van der Waals surface area (Å²) in [5.41, 5.74) is 0.238. The first kappa shape index (κ1) is 23.3. The van der Waals surface area contributed by atoms with Crippen LogP contribution in [0.5, 0.6) is 0 Å². The zero-order valence-electron chi connectivity index (χ0n) is 18.7. The van der Waals surface area contributed by atoms with Gasteiger partial charge in [0.05, 0.1) is 11.4 Å². The third kappa shape index (κ3) is 5.09. The van der Waals surface area contributed by atoms with Crippen molar-refractivity contribution in [2.24, 2.45) is 0 Å². The number of anilines is 1. The van der Waals surface area contributed by atoms with E-state index < -0.39 is 22.9 Å². The molecule has 172 valence electrons. The molecular formula is C23H28FN3O5. The Hall–Kier alpha value is -3.36. The molecule has 1 saturated heterocycles. The zero-order chi connectivity index (χ0) is 23.6. The van der Waals surface area contributed by atoms with Crippen molar-refractivity contribution in [3.05, 3.63) is 51.6 Å². The number of amides is 1. The third-order valence-electron chi connectivity index (χ3n) is 5.24. The molecule has 0 atom stereocenters. The van der Waals surface area contributed by atoms with Gasteiger partial charge in [-0.05, 0) is 51.0 Å². The molecule has 0 spiro atoms. The first-order chi connectivity index (χ1) is 15.0. The number of aromatic amines is 1. The van der Waals surface area contributed by atoms with Crippen LogP contribution >= 0.6 is 0 Å². The highest BCUT2D eigenvalue weighted by Gasteiger charge is 2.27. The third-order valence-corrected chi connectivity index (χ3v) is 5.24. The number of carbonyl (C=O) groups excluding carboxylic acids is 1. The summed E-state index contributed by atoms with van der Waals surface area (Å²) in [6.45, 7) is 9.01. The molecule has 3 rings (SSSR count). The van der Waals surface area contributed by atoms with Crippen molar-refractivity contribution in [1.82, 2.24) is 9.88 Å². The van der Waals surface area contributed by atoms with Crippen LogP contribution in [0.15, 0.2) is 29.1 Å². The van der Waals surface area contributed by atoms with E-state index in [9.17, 15) is 14.4 Å². The van der Waals surface area contributed by atoms with Crippen molar-refractivity contribution in [2.75, 3.05) is 31.1 Å². The number of hydrogen-bond donors (Lipinski definition) is 2. The minimum atomic E-state index is -1.31. The molecule has 0 saturated carbocycles. The molecule has 1 aromatic heterocycles. The van der Waals surface area contributed by atoms with Gasteiger partial charge in [-0.1, -0.05) is 13.0 Å². The maximum Gasteiger partial charge on any atom is 0.410 e. The quantitative estimate of drug-likeness (QED) is 0.747. The molecule has 0 aliphatic carbocycles. The summed E-state index contributed by atoms with van der Waals surface area (Å²) in [6, 6.07) is 6.00. The van der Waals surface area contributed by atoms with Gasteiger partial charge in [0.2, 0.25) is 0 Å². The van der Waals surface area contributed by atoms with Crippen molar-refractivity contribution in [1.29, 1.82) is 0 Å². The molecule has 0 unspecified atom stereocenters. The number of ether oxygens (including phenoxy) is 1. The highest BCUT2D eigenvalue weighted by Crippen LogP contribution is 2.28. The standard InChI is InChI=1S/C23H28FN3O5/c1-5-14-12-16(21(29)30)20(28)25-19(14)15-6-7-18(17(24)13-15)26-8-10-27(11-9-26)22(31)32-23(2,3)4/h6-7,12-13H,5,8-11H2,1-4H3,(H,25,28)(H,29,30). The second kappa shape index (κ2) is 9.02. The van der Waals surface area contributed by atoms with Crippen LogP contribution in [0.3, 0.4) is 0 Å². The summed E-state index contributed by atoms with van der Waals surface area (Å²) in [7, 11) is 0. The van der Waals surface area contributed by atoms with Gasteiger partial charge in [0, 0.05) is 31.7 Å². The van der Waals surface area contributed by atoms with Crippen LogP contribution in [-0.4, -0.2) is 58.8 Å². The average Bonchev–Trinajstić information content (AvgIpc) is 2.72. The second-order valence-corrected chi connectivity index (χ2v) is 8.69. The van der Waals surface area contributed by atoms with Gasteiger partial charge in [-0.15, -0.1) is 0 Å². The smallest absolute Gasteiger partial charge is 0.410 e. The van der Waals surface area contributed by atoms with Crippen molar-refractivity contribution >= 4 is 17.7 Å². The number of nitrogens with one attached hydrogen (secondary N) is 1. The summed E-state index contributed by atoms with van der Waals surface area (Å²) >= 11 is 0. The predicted octanol–water partition coefficient (Wildman–Crippen LogP) is 3.50. The fraction of sp³-hybridized carbons (Fsp3) is 0.435. The second-order valence-electron chi connectivity index (χ2n) is 8.69. The Kier molecular flexibility index (Phi) is 6.57. The minimum absolute atomic E-state index is 0.342. The number of carboxylic acid groups (broad SMARTS) is 1. The van der Waals surface area contributed by atoms with Crippen LogP contribution in [0.4, 0.5) is 14.9 Å². The van der Waals surface area contributed by atoms with Gasteiger partial charge in [-0.2, -0.15) is 0 Å². The molecule has 1 aliphatic rings. The Labute approximate surface area is 185 Å². The number of pyridine rings is 1. The van der Waals surface area contributed by atoms with Crippen molar-refractivity contribution in [3.63, 3.8) is 0 Å². The fourth-order valence-corrected chi connectivity index (χ4v) is 3.64. The van der Waals surface area contributed by atoms with Gasteiger partial charge in [0.1, 0.15) is 17.0 Å². The Morgan fingerprint density at radius 2 is 1.81 bits per heavy atom. The monoisotopic (exact) mass is 445 g/mol. The molecule has 1 fully saturated rings. The lowest BCUT2D eigenvalue weighted by Crippen LogP contribution is -2.50. The summed E-state index contributed by atoms with van der Waals surface area (Å²) in [4.78, 5) is 41.6. The number of carboxylic acids is 1. The van der Waals surface area contributed by atoms with Crippen molar-refractivity contribution in [3.8, 4) is 11.3 Å². The molecule has 0 radical (unpaired) electrons. The van der Waals surface area contributed by atoms with Crippen LogP contribution in [0.25, 0.3) is 11.3 Å². The number of aryl methyl sites for hydroxylation is 1.